The van der Waals surface area contributed by atoms with E-state index in [0.717, 1.165) is 23.6 Å². The number of hydrogen-bond acceptors (Lipinski definition) is 3. The van der Waals surface area contributed by atoms with Gasteiger partial charge in [0, 0.05) is 5.69 Å². The van der Waals surface area contributed by atoms with Gasteiger partial charge in [-0.3, -0.25) is 5.43 Å². The Labute approximate surface area is 138 Å². The summed E-state index contributed by atoms with van der Waals surface area (Å²) in [5.41, 5.74) is 3.78. The second kappa shape index (κ2) is 8.19. The van der Waals surface area contributed by atoms with Gasteiger partial charge in [-0.25, -0.2) is 8.78 Å². The predicted molar refractivity (Wildman–Crippen MR) is 90.9 cm³/mol. The summed E-state index contributed by atoms with van der Waals surface area (Å²) in [6.07, 6.45) is 1.34. The molecule has 0 fully saturated rings. The van der Waals surface area contributed by atoms with E-state index in [9.17, 15) is 8.78 Å². The quantitative estimate of drug-likeness (QED) is 0.497. The number of nitrogens with one attached hydrogen (secondary N) is 2. The predicted octanol–water partition coefficient (Wildman–Crippen LogP) is 3.68. The molecule has 0 amide bonds. The number of halogens is 2. The van der Waals surface area contributed by atoms with Crippen molar-refractivity contribution in [2.24, 2.45) is 5.10 Å². The van der Waals surface area contributed by atoms with E-state index in [4.69, 9.17) is 17.0 Å². The van der Waals surface area contributed by atoms with Crippen LogP contribution in [0.5, 0.6) is 5.75 Å². The Morgan fingerprint density at radius 3 is 2.57 bits per heavy atom. The van der Waals surface area contributed by atoms with Gasteiger partial charge in [-0.05, 0) is 61.1 Å². The monoisotopic (exact) mass is 335 g/mol. The summed E-state index contributed by atoms with van der Waals surface area (Å²) in [4.78, 5) is 0. The van der Waals surface area contributed by atoms with Crippen LogP contribution in [-0.2, 0) is 0 Å². The van der Waals surface area contributed by atoms with Crippen molar-refractivity contribution in [3.8, 4) is 5.75 Å². The van der Waals surface area contributed by atoms with Crippen LogP contribution in [0, 0.1) is 11.6 Å². The van der Waals surface area contributed by atoms with Crippen LogP contribution in [0.2, 0.25) is 0 Å². The maximum Gasteiger partial charge on any atom is 0.191 e. The van der Waals surface area contributed by atoms with E-state index in [1.165, 1.54) is 12.3 Å². The molecule has 0 bridgehead atoms. The van der Waals surface area contributed by atoms with E-state index in [1.807, 2.05) is 31.2 Å². The minimum atomic E-state index is -0.927. The van der Waals surface area contributed by atoms with Crippen molar-refractivity contribution < 1.29 is 13.5 Å². The molecule has 4 nitrogen and oxygen atoms in total. The van der Waals surface area contributed by atoms with Crippen molar-refractivity contribution in [3.05, 3.63) is 59.7 Å². The number of ether oxygens (including phenoxy) is 1. The van der Waals surface area contributed by atoms with Crippen LogP contribution in [0.15, 0.2) is 47.6 Å². The minimum Gasteiger partial charge on any atom is -0.494 e. The van der Waals surface area contributed by atoms with Crippen molar-refractivity contribution in [1.29, 1.82) is 0 Å². The lowest BCUT2D eigenvalue weighted by atomic mass is 10.2. The van der Waals surface area contributed by atoms with Crippen molar-refractivity contribution in [2.45, 2.75) is 6.92 Å². The van der Waals surface area contributed by atoms with Crippen LogP contribution in [0.4, 0.5) is 14.5 Å². The van der Waals surface area contributed by atoms with Gasteiger partial charge in [0.15, 0.2) is 16.7 Å². The molecule has 0 radical (unpaired) electrons. The highest BCUT2D eigenvalue weighted by molar-refractivity contribution is 7.80. The third-order valence-electron chi connectivity index (χ3n) is 2.75. The highest BCUT2D eigenvalue weighted by Gasteiger charge is 2.01. The van der Waals surface area contributed by atoms with Crippen LogP contribution in [0.3, 0.4) is 0 Å². The van der Waals surface area contributed by atoms with Crippen molar-refractivity contribution in [3.63, 3.8) is 0 Å². The molecule has 0 spiro atoms. The fraction of sp³-hybridized carbons (Fsp3) is 0.125. The summed E-state index contributed by atoms with van der Waals surface area (Å²) < 4.78 is 31.2. The van der Waals surface area contributed by atoms with Crippen LogP contribution in [0.25, 0.3) is 0 Å². The Balaban J connectivity index is 1.86. The molecule has 2 aromatic carbocycles. The highest BCUT2D eigenvalue weighted by Crippen LogP contribution is 2.15. The molecule has 0 saturated carbocycles. The summed E-state index contributed by atoms with van der Waals surface area (Å²) in [6.45, 7) is 2.52. The summed E-state index contributed by atoms with van der Waals surface area (Å²) in [6, 6.07) is 10.8. The number of nitrogens with zero attached hydrogens (tertiary/aromatic N) is 1. The molecule has 2 N–H and O–H groups in total. The van der Waals surface area contributed by atoms with Gasteiger partial charge in [-0.2, -0.15) is 5.10 Å². The van der Waals surface area contributed by atoms with Crippen molar-refractivity contribution >= 4 is 29.2 Å². The largest absolute Gasteiger partial charge is 0.494 e. The summed E-state index contributed by atoms with van der Waals surface area (Å²) in [5.74, 6) is -1.06. The topological polar surface area (TPSA) is 45.6 Å². The molecule has 2 aromatic rings. The van der Waals surface area contributed by atoms with Crippen molar-refractivity contribution in [2.75, 3.05) is 11.9 Å². The van der Waals surface area contributed by atoms with Gasteiger partial charge < -0.3 is 10.1 Å². The lowest BCUT2D eigenvalue weighted by Gasteiger charge is -2.08. The second-order valence-corrected chi connectivity index (χ2v) is 4.86. The van der Waals surface area contributed by atoms with Gasteiger partial charge in [0.2, 0.25) is 0 Å². The van der Waals surface area contributed by atoms with Crippen LogP contribution < -0.4 is 15.5 Å². The lowest BCUT2D eigenvalue weighted by molar-refractivity contribution is 0.340. The van der Waals surface area contributed by atoms with Crippen molar-refractivity contribution in [1.82, 2.24) is 5.43 Å². The zero-order valence-electron chi connectivity index (χ0n) is 12.3. The Hall–Kier alpha value is -2.54. The molecular formula is C16H15F2N3OS. The average molecular weight is 335 g/mol. The third kappa shape index (κ3) is 5.30. The number of hydrazone groups is 1. The first-order valence-corrected chi connectivity index (χ1v) is 7.27. The molecule has 0 heterocycles. The first-order valence-electron chi connectivity index (χ1n) is 6.86. The Kier molecular flexibility index (Phi) is 5.99. The molecule has 0 unspecified atom stereocenters. The first-order chi connectivity index (χ1) is 11.1. The SMILES string of the molecule is CCOc1ccc(NC(=S)N/N=C/c2ccc(F)c(F)c2)cc1. The molecule has 0 aromatic heterocycles. The fourth-order valence-corrected chi connectivity index (χ4v) is 1.89. The van der Waals surface area contributed by atoms with Gasteiger partial charge in [0.05, 0.1) is 12.8 Å². The van der Waals surface area contributed by atoms with Crippen LogP contribution in [0.1, 0.15) is 12.5 Å². The second-order valence-electron chi connectivity index (χ2n) is 4.46. The average Bonchev–Trinajstić information content (AvgIpc) is 2.53. The standard InChI is InChI=1S/C16H15F2N3OS/c1-2-22-13-6-4-12(5-7-13)20-16(23)21-19-10-11-3-8-14(17)15(18)9-11/h3-10H,2H2,1H3,(H2,20,21,23)/b19-10+. The molecular weight excluding hydrogens is 320 g/mol. The van der Waals surface area contributed by atoms with Crippen LogP contribution in [-0.4, -0.2) is 17.9 Å². The molecule has 120 valence electrons. The summed E-state index contributed by atoms with van der Waals surface area (Å²) >= 11 is 5.08. The zero-order valence-corrected chi connectivity index (χ0v) is 13.2. The Morgan fingerprint density at radius 1 is 1.17 bits per heavy atom. The van der Waals surface area contributed by atoms with E-state index in [2.05, 4.69) is 15.8 Å². The Bertz CT molecular complexity index is 705. The van der Waals surface area contributed by atoms with Gasteiger partial charge in [-0.15, -0.1) is 0 Å². The number of anilines is 1. The fourth-order valence-electron chi connectivity index (χ4n) is 1.72. The molecule has 7 heteroatoms. The highest BCUT2D eigenvalue weighted by atomic mass is 32.1. The molecule has 0 aliphatic heterocycles. The molecule has 0 saturated heterocycles. The normalized spacial score (nSPS) is 10.6. The third-order valence-corrected chi connectivity index (χ3v) is 2.94. The maximum absolute atomic E-state index is 13.0. The summed E-state index contributed by atoms with van der Waals surface area (Å²) in [5, 5.41) is 7.07. The summed E-state index contributed by atoms with van der Waals surface area (Å²) in [7, 11) is 0. The zero-order chi connectivity index (χ0) is 16.7. The van der Waals surface area contributed by atoms with Gasteiger partial charge in [0.25, 0.3) is 0 Å². The van der Waals surface area contributed by atoms with Crippen LogP contribution >= 0.6 is 12.2 Å². The number of rotatable bonds is 5. The Morgan fingerprint density at radius 2 is 1.91 bits per heavy atom. The van der Waals surface area contributed by atoms with E-state index in [1.54, 1.807) is 0 Å². The first kappa shape index (κ1) is 16.8. The number of benzene rings is 2. The molecule has 2 rings (SSSR count). The minimum absolute atomic E-state index is 0.271. The van der Waals surface area contributed by atoms with E-state index in [0.29, 0.717) is 12.2 Å². The molecule has 23 heavy (non-hydrogen) atoms. The van der Waals surface area contributed by atoms with Gasteiger partial charge >= 0.3 is 0 Å². The molecule has 0 aliphatic carbocycles. The smallest absolute Gasteiger partial charge is 0.191 e. The lowest BCUT2D eigenvalue weighted by Crippen LogP contribution is -2.23. The maximum atomic E-state index is 13.0. The van der Waals surface area contributed by atoms with Gasteiger partial charge in [0.1, 0.15) is 5.75 Å². The number of thiocarbonyl (C=S) groups is 1. The van der Waals surface area contributed by atoms with E-state index < -0.39 is 11.6 Å². The van der Waals surface area contributed by atoms with E-state index >= 15 is 0 Å². The molecule has 0 atom stereocenters. The number of hydrogen-bond donors (Lipinski definition) is 2. The van der Waals surface area contributed by atoms with E-state index in [-0.39, 0.29) is 5.11 Å². The molecule has 0 aliphatic rings. The van der Waals surface area contributed by atoms with Gasteiger partial charge in [-0.1, -0.05) is 6.07 Å².